The van der Waals surface area contributed by atoms with Crippen molar-refractivity contribution in [3.8, 4) is 0 Å². The summed E-state index contributed by atoms with van der Waals surface area (Å²) in [7, 11) is 2.92. The molecule has 0 aliphatic carbocycles. The van der Waals surface area contributed by atoms with Crippen molar-refractivity contribution >= 4 is 29.2 Å². The first kappa shape index (κ1) is 15.3. The molecule has 0 bridgehead atoms. The normalized spacial score (nSPS) is 11.8. The first-order chi connectivity index (χ1) is 8.86. The number of amides is 1. The van der Waals surface area contributed by atoms with Crippen LogP contribution in [0.3, 0.4) is 0 Å². The van der Waals surface area contributed by atoms with Gasteiger partial charge in [0, 0.05) is 24.3 Å². The summed E-state index contributed by atoms with van der Waals surface area (Å²) in [4.78, 5) is 24.9. The van der Waals surface area contributed by atoms with E-state index in [4.69, 9.17) is 17.3 Å². The highest BCUT2D eigenvalue weighted by molar-refractivity contribution is 6.31. The quantitative estimate of drug-likeness (QED) is 0.676. The first-order valence-electron chi connectivity index (χ1n) is 5.75. The molecule has 1 unspecified atom stereocenters. The number of nitrogens with zero attached hydrogens (tertiary/aromatic N) is 1. The number of halogens is 1. The second-order valence-electron chi connectivity index (χ2n) is 4.34. The topological polar surface area (TPSA) is 72.6 Å². The van der Waals surface area contributed by atoms with Crippen molar-refractivity contribution in [3.05, 3.63) is 28.8 Å². The highest BCUT2D eigenvalue weighted by atomic mass is 35.5. The van der Waals surface area contributed by atoms with Crippen LogP contribution >= 0.6 is 11.6 Å². The van der Waals surface area contributed by atoms with Gasteiger partial charge in [0.1, 0.15) is 0 Å². The third kappa shape index (κ3) is 3.86. The van der Waals surface area contributed by atoms with Gasteiger partial charge in [-0.3, -0.25) is 9.59 Å². The van der Waals surface area contributed by atoms with Crippen LogP contribution in [0.1, 0.15) is 17.3 Å². The molecule has 0 aliphatic heterocycles. The number of carbonyl (C=O) groups excluding carboxylic acids is 2. The van der Waals surface area contributed by atoms with Gasteiger partial charge in [-0.05, 0) is 18.2 Å². The van der Waals surface area contributed by atoms with Gasteiger partial charge in [0.2, 0.25) is 0 Å². The smallest absolute Gasteiger partial charge is 0.310 e. The molecule has 1 aromatic carbocycles. The van der Waals surface area contributed by atoms with Crippen LogP contribution in [-0.2, 0) is 9.53 Å². The molecule has 0 saturated carbocycles. The molecule has 2 N–H and O–H groups in total. The lowest BCUT2D eigenvalue weighted by atomic mass is 10.1. The molecule has 5 nitrogen and oxygen atoms in total. The Morgan fingerprint density at radius 3 is 2.63 bits per heavy atom. The third-order valence-electron chi connectivity index (χ3n) is 2.74. The van der Waals surface area contributed by atoms with Crippen molar-refractivity contribution in [2.45, 2.75) is 6.92 Å². The average Bonchev–Trinajstić information content (AvgIpc) is 2.36. The van der Waals surface area contributed by atoms with E-state index in [-0.39, 0.29) is 18.4 Å². The van der Waals surface area contributed by atoms with Crippen LogP contribution < -0.4 is 5.73 Å². The Kier molecular flexibility index (Phi) is 5.18. The Labute approximate surface area is 117 Å². The second-order valence-corrected chi connectivity index (χ2v) is 4.78. The maximum Gasteiger partial charge on any atom is 0.310 e. The van der Waals surface area contributed by atoms with Gasteiger partial charge in [-0.25, -0.2) is 0 Å². The van der Waals surface area contributed by atoms with E-state index in [0.29, 0.717) is 16.3 Å². The molecule has 104 valence electrons. The van der Waals surface area contributed by atoms with Gasteiger partial charge in [-0.2, -0.15) is 0 Å². The predicted molar refractivity (Wildman–Crippen MR) is 74.0 cm³/mol. The molecule has 6 heteroatoms. The molecule has 1 rings (SSSR count). The molecule has 1 amide bonds. The molecule has 0 radical (unpaired) electrons. The fourth-order valence-electron chi connectivity index (χ4n) is 1.70. The molecular formula is C13H17ClN2O3. The number of methoxy groups -OCH3 is 1. The van der Waals surface area contributed by atoms with Gasteiger partial charge in [-0.1, -0.05) is 18.5 Å². The summed E-state index contributed by atoms with van der Waals surface area (Å²) >= 11 is 5.78. The monoisotopic (exact) mass is 284 g/mol. The lowest BCUT2D eigenvalue weighted by Gasteiger charge is -2.21. The average molecular weight is 285 g/mol. The molecule has 19 heavy (non-hydrogen) atoms. The van der Waals surface area contributed by atoms with E-state index in [9.17, 15) is 9.59 Å². The molecule has 0 saturated heterocycles. The van der Waals surface area contributed by atoms with Crippen LogP contribution in [0.15, 0.2) is 18.2 Å². The predicted octanol–water partition coefficient (Wildman–Crippen LogP) is 1.80. The molecule has 0 aliphatic rings. The number of esters is 1. The fourth-order valence-corrected chi connectivity index (χ4v) is 1.88. The third-order valence-corrected chi connectivity index (χ3v) is 2.98. The summed E-state index contributed by atoms with van der Waals surface area (Å²) in [6, 6.07) is 4.69. The van der Waals surface area contributed by atoms with Gasteiger partial charge >= 0.3 is 5.97 Å². The number of hydrogen-bond donors (Lipinski definition) is 1. The number of anilines is 1. The fraction of sp³-hybridized carbons (Fsp3) is 0.385. The highest BCUT2D eigenvalue weighted by Crippen LogP contribution is 2.19. The summed E-state index contributed by atoms with van der Waals surface area (Å²) in [6.45, 7) is 1.95. The van der Waals surface area contributed by atoms with Crippen LogP contribution in [0.25, 0.3) is 0 Å². The number of carbonyl (C=O) groups is 2. The number of hydrogen-bond acceptors (Lipinski definition) is 4. The second kappa shape index (κ2) is 6.43. The van der Waals surface area contributed by atoms with Crippen LogP contribution in [-0.4, -0.2) is 37.5 Å². The standard InChI is InChI=1S/C13H17ClN2O3/c1-8(13(18)19-3)7-16(2)12(17)10-5-4-9(14)6-11(10)15/h4-6,8H,7,15H2,1-3H3. The number of nitrogen functional groups attached to an aromatic ring is 1. The van der Waals surface area contributed by atoms with Crippen molar-refractivity contribution in [2.75, 3.05) is 26.4 Å². The molecular weight excluding hydrogens is 268 g/mol. The Balaban J connectivity index is 2.79. The maximum atomic E-state index is 12.2. The molecule has 0 spiro atoms. The first-order valence-corrected chi connectivity index (χ1v) is 6.13. The molecule has 0 fully saturated rings. The van der Waals surface area contributed by atoms with Crippen molar-refractivity contribution in [2.24, 2.45) is 5.92 Å². The van der Waals surface area contributed by atoms with Crippen molar-refractivity contribution < 1.29 is 14.3 Å². The Hall–Kier alpha value is -1.75. The number of rotatable bonds is 4. The van der Waals surface area contributed by atoms with Crippen molar-refractivity contribution in [1.29, 1.82) is 0 Å². The number of nitrogens with two attached hydrogens (primary N) is 1. The van der Waals surface area contributed by atoms with E-state index >= 15 is 0 Å². The Morgan fingerprint density at radius 2 is 2.11 bits per heavy atom. The van der Waals surface area contributed by atoms with E-state index in [1.165, 1.54) is 18.1 Å². The van der Waals surface area contributed by atoms with Crippen LogP contribution in [0, 0.1) is 5.92 Å². The number of ether oxygens (including phenoxy) is 1. The van der Waals surface area contributed by atoms with Gasteiger partial charge in [0.25, 0.3) is 5.91 Å². The maximum absolute atomic E-state index is 12.2. The molecule has 0 heterocycles. The minimum atomic E-state index is -0.396. The van der Waals surface area contributed by atoms with Crippen molar-refractivity contribution in [1.82, 2.24) is 4.90 Å². The lowest BCUT2D eigenvalue weighted by Crippen LogP contribution is -2.34. The molecule has 1 atom stereocenters. The summed E-state index contributed by atoms with van der Waals surface area (Å²) in [5.74, 6) is -1.01. The zero-order valence-corrected chi connectivity index (χ0v) is 11.9. The Morgan fingerprint density at radius 1 is 1.47 bits per heavy atom. The Bertz CT molecular complexity index is 491. The lowest BCUT2D eigenvalue weighted by molar-refractivity contribution is -0.145. The van der Waals surface area contributed by atoms with Crippen LogP contribution in [0.2, 0.25) is 5.02 Å². The molecule has 0 aromatic heterocycles. The highest BCUT2D eigenvalue weighted by Gasteiger charge is 2.20. The number of benzene rings is 1. The van der Waals surface area contributed by atoms with Crippen LogP contribution in [0.5, 0.6) is 0 Å². The van der Waals surface area contributed by atoms with Gasteiger partial charge in [0.15, 0.2) is 0 Å². The van der Waals surface area contributed by atoms with E-state index in [1.54, 1.807) is 26.1 Å². The van der Waals surface area contributed by atoms with E-state index < -0.39 is 5.92 Å². The summed E-state index contributed by atoms with van der Waals surface area (Å²) in [5.41, 5.74) is 6.43. The minimum absolute atomic E-state index is 0.258. The van der Waals surface area contributed by atoms with Crippen molar-refractivity contribution in [3.63, 3.8) is 0 Å². The molecule has 1 aromatic rings. The SMILES string of the molecule is COC(=O)C(C)CN(C)C(=O)c1ccc(Cl)cc1N. The van der Waals surface area contributed by atoms with Gasteiger partial charge < -0.3 is 15.4 Å². The largest absolute Gasteiger partial charge is 0.469 e. The van der Waals surface area contributed by atoms with E-state index in [1.807, 2.05) is 0 Å². The van der Waals surface area contributed by atoms with Gasteiger partial charge in [-0.15, -0.1) is 0 Å². The van der Waals surface area contributed by atoms with Gasteiger partial charge in [0.05, 0.1) is 18.6 Å². The van der Waals surface area contributed by atoms with E-state index in [2.05, 4.69) is 4.74 Å². The summed E-state index contributed by atoms with van der Waals surface area (Å²) < 4.78 is 4.62. The summed E-state index contributed by atoms with van der Waals surface area (Å²) in [5, 5.41) is 0.472. The van der Waals surface area contributed by atoms with E-state index in [0.717, 1.165) is 0 Å². The summed E-state index contributed by atoms with van der Waals surface area (Å²) in [6.07, 6.45) is 0. The minimum Gasteiger partial charge on any atom is -0.469 e. The zero-order chi connectivity index (χ0) is 14.6. The van der Waals surface area contributed by atoms with Crippen LogP contribution in [0.4, 0.5) is 5.69 Å². The zero-order valence-electron chi connectivity index (χ0n) is 11.1.